The highest BCUT2D eigenvalue weighted by Crippen LogP contribution is 2.33. The summed E-state index contributed by atoms with van der Waals surface area (Å²) >= 11 is 0. The Kier molecular flexibility index (Phi) is 8.07. The fourth-order valence-electron chi connectivity index (χ4n) is 4.08. The van der Waals surface area contributed by atoms with Gasteiger partial charge in [0.25, 0.3) is 0 Å². The Hall–Kier alpha value is -1.63. The number of aryl methyl sites for hydroxylation is 2. The minimum Gasteiger partial charge on any atom is -0.308 e. The maximum atomic E-state index is 12.5. The standard InChI is InChI=1S/C19H25N5O.2ClH/c25-19(17-13-15-3-1-2-4-16(15)21-17)22-18-8-12-24(23-18)11-7-14-5-9-20-10-6-14;;/h5-6,8-10,12,15-17,21H,1-4,7,11,13H2,(H,22,23,25);2*1H. The average Bonchev–Trinajstić information content (AvgIpc) is 3.27. The molecule has 0 bridgehead atoms. The van der Waals surface area contributed by atoms with Gasteiger partial charge in [-0.05, 0) is 49.3 Å². The summed E-state index contributed by atoms with van der Waals surface area (Å²) in [5.41, 5.74) is 1.23. The first-order valence-corrected chi connectivity index (χ1v) is 9.27. The van der Waals surface area contributed by atoms with Crippen molar-refractivity contribution in [1.29, 1.82) is 0 Å². The molecule has 4 rings (SSSR count). The Bertz CT molecular complexity index is 710. The van der Waals surface area contributed by atoms with Gasteiger partial charge >= 0.3 is 0 Å². The molecule has 1 amide bonds. The quantitative estimate of drug-likeness (QED) is 0.791. The molecule has 6 nitrogen and oxygen atoms in total. The Balaban J connectivity index is 0.00000131. The van der Waals surface area contributed by atoms with Gasteiger partial charge in [0, 0.05) is 37.2 Å². The van der Waals surface area contributed by atoms with E-state index in [2.05, 4.69) is 20.7 Å². The van der Waals surface area contributed by atoms with Gasteiger partial charge in [-0.3, -0.25) is 14.5 Å². The van der Waals surface area contributed by atoms with E-state index in [0.717, 1.165) is 19.4 Å². The number of pyridine rings is 1. The van der Waals surface area contributed by atoms with Crippen LogP contribution in [0.3, 0.4) is 0 Å². The van der Waals surface area contributed by atoms with E-state index in [-0.39, 0.29) is 36.8 Å². The molecule has 27 heavy (non-hydrogen) atoms. The van der Waals surface area contributed by atoms with E-state index in [1.165, 1.54) is 31.2 Å². The number of rotatable bonds is 5. The van der Waals surface area contributed by atoms with Crippen LogP contribution in [0.5, 0.6) is 0 Å². The SMILES string of the molecule is Cl.Cl.O=C(Nc1ccn(CCc2ccncc2)n1)C1CC2CCCCC2N1. The van der Waals surface area contributed by atoms with Crippen molar-refractivity contribution >= 4 is 36.5 Å². The Morgan fingerprint density at radius 3 is 2.74 bits per heavy atom. The first kappa shape index (κ1) is 21.7. The lowest BCUT2D eigenvalue weighted by molar-refractivity contribution is -0.117. The number of hydrogen-bond donors (Lipinski definition) is 2. The van der Waals surface area contributed by atoms with E-state index in [4.69, 9.17) is 0 Å². The third-order valence-corrected chi connectivity index (χ3v) is 5.45. The number of aromatic nitrogens is 3. The van der Waals surface area contributed by atoms with Crippen LogP contribution in [0.4, 0.5) is 5.82 Å². The summed E-state index contributed by atoms with van der Waals surface area (Å²) in [4.78, 5) is 16.5. The number of carbonyl (C=O) groups is 1. The number of fused-ring (bicyclic) bond motifs is 1. The lowest BCUT2D eigenvalue weighted by atomic mass is 9.85. The molecule has 2 fully saturated rings. The highest BCUT2D eigenvalue weighted by Gasteiger charge is 2.38. The first-order chi connectivity index (χ1) is 12.3. The summed E-state index contributed by atoms with van der Waals surface area (Å²) in [5, 5.41) is 11.0. The largest absolute Gasteiger partial charge is 0.308 e. The normalized spacial score (nSPS) is 23.6. The van der Waals surface area contributed by atoms with Gasteiger partial charge < -0.3 is 10.6 Å². The Labute approximate surface area is 172 Å². The molecule has 148 valence electrons. The number of carbonyl (C=O) groups excluding carboxylic acids is 1. The fraction of sp³-hybridized carbons (Fsp3) is 0.526. The molecule has 1 saturated heterocycles. The number of nitrogens with one attached hydrogen (secondary N) is 2. The molecular formula is C19H27Cl2N5O. The molecule has 3 atom stereocenters. The monoisotopic (exact) mass is 411 g/mol. The van der Waals surface area contributed by atoms with Crippen LogP contribution in [0, 0.1) is 5.92 Å². The van der Waals surface area contributed by atoms with E-state index < -0.39 is 0 Å². The summed E-state index contributed by atoms with van der Waals surface area (Å²) in [7, 11) is 0. The average molecular weight is 412 g/mol. The van der Waals surface area contributed by atoms with Gasteiger partial charge in [-0.2, -0.15) is 5.10 Å². The van der Waals surface area contributed by atoms with Crippen molar-refractivity contribution in [3.05, 3.63) is 42.4 Å². The minimum absolute atomic E-state index is 0. The smallest absolute Gasteiger partial charge is 0.242 e. The summed E-state index contributed by atoms with van der Waals surface area (Å²) in [6, 6.07) is 6.35. The lowest BCUT2D eigenvalue weighted by Crippen LogP contribution is -2.40. The molecule has 2 aromatic rings. The van der Waals surface area contributed by atoms with Crippen molar-refractivity contribution in [3.63, 3.8) is 0 Å². The maximum absolute atomic E-state index is 12.5. The van der Waals surface area contributed by atoms with E-state index in [1.807, 2.05) is 29.1 Å². The molecule has 0 radical (unpaired) electrons. The molecule has 3 heterocycles. The molecule has 2 aromatic heterocycles. The maximum Gasteiger partial charge on any atom is 0.242 e. The number of anilines is 1. The highest BCUT2D eigenvalue weighted by molar-refractivity contribution is 5.94. The van der Waals surface area contributed by atoms with Crippen LogP contribution in [0.25, 0.3) is 0 Å². The van der Waals surface area contributed by atoms with Crippen molar-refractivity contribution in [2.24, 2.45) is 5.92 Å². The van der Waals surface area contributed by atoms with Crippen molar-refractivity contribution in [3.8, 4) is 0 Å². The predicted molar refractivity (Wildman–Crippen MR) is 111 cm³/mol. The zero-order valence-corrected chi connectivity index (χ0v) is 16.8. The van der Waals surface area contributed by atoms with Gasteiger partial charge in [-0.15, -0.1) is 24.8 Å². The molecule has 2 N–H and O–H groups in total. The van der Waals surface area contributed by atoms with Crippen LogP contribution in [0.2, 0.25) is 0 Å². The zero-order valence-electron chi connectivity index (χ0n) is 15.2. The summed E-state index contributed by atoms with van der Waals surface area (Å²) in [5.74, 6) is 1.35. The predicted octanol–water partition coefficient (Wildman–Crippen LogP) is 3.22. The summed E-state index contributed by atoms with van der Waals surface area (Å²) < 4.78 is 1.87. The van der Waals surface area contributed by atoms with Gasteiger partial charge in [0.15, 0.2) is 5.82 Å². The van der Waals surface area contributed by atoms with Gasteiger partial charge in [-0.25, -0.2) is 0 Å². The van der Waals surface area contributed by atoms with Gasteiger partial charge in [0.05, 0.1) is 6.04 Å². The van der Waals surface area contributed by atoms with E-state index in [9.17, 15) is 4.79 Å². The van der Waals surface area contributed by atoms with Crippen LogP contribution >= 0.6 is 24.8 Å². The number of hydrogen-bond acceptors (Lipinski definition) is 4. The van der Waals surface area contributed by atoms with E-state index in [1.54, 1.807) is 12.4 Å². The molecule has 2 aliphatic rings. The molecule has 1 saturated carbocycles. The molecule has 0 spiro atoms. The molecule has 1 aliphatic heterocycles. The molecule has 0 aromatic carbocycles. The third-order valence-electron chi connectivity index (χ3n) is 5.45. The van der Waals surface area contributed by atoms with Crippen molar-refractivity contribution in [1.82, 2.24) is 20.1 Å². The molecule has 1 aliphatic carbocycles. The van der Waals surface area contributed by atoms with E-state index in [0.29, 0.717) is 17.8 Å². The lowest BCUT2D eigenvalue weighted by Gasteiger charge is -2.24. The van der Waals surface area contributed by atoms with Gasteiger partial charge in [0.1, 0.15) is 0 Å². The first-order valence-electron chi connectivity index (χ1n) is 9.27. The number of amides is 1. The Morgan fingerprint density at radius 2 is 1.96 bits per heavy atom. The van der Waals surface area contributed by atoms with Crippen molar-refractivity contribution < 1.29 is 4.79 Å². The van der Waals surface area contributed by atoms with Crippen LogP contribution in [-0.2, 0) is 17.8 Å². The topological polar surface area (TPSA) is 71.8 Å². The number of nitrogens with zero attached hydrogens (tertiary/aromatic N) is 3. The van der Waals surface area contributed by atoms with Gasteiger partial charge in [-0.1, -0.05) is 12.8 Å². The zero-order chi connectivity index (χ0) is 17.1. The molecule has 8 heteroatoms. The second-order valence-electron chi connectivity index (χ2n) is 7.16. The molecule has 3 unspecified atom stereocenters. The van der Waals surface area contributed by atoms with Crippen LogP contribution in [-0.4, -0.2) is 32.8 Å². The van der Waals surface area contributed by atoms with Crippen LogP contribution in [0.15, 0.2) is 36.8 Å². The summed E-state index contributed by atoms with van der Waals surface area (Å²) in [6.07, 6.45) is 12.4. The Morgan fingerprint density at radius 1 is 1.19 bits per heavy atom. The molecular weight excluding hydrogens is 385 g/mol. The van der Waals surface area contributed by atoms with Crippen LogP contribution in [0.1, 0.15) is 37.7 Å². The second-order valence-corrected chi connectivity index (χ2v) is 7.16. The summed E-state index contributed by atoms with van der Waals surface area (Å²) in [6.45, 7) is 0.783. The minimum atomic E-state index is -0.0740. The van der Waals surface area contributed by atoms with Gasteiger partial charge in [0.2, 0.25) is 5.91 Å². The second kappa shape index (κ2) is 10.1. The highest BCUT2D eigenvalue weighted by atomic mass is 35.5. The van der Waals surface area contributed by atoms with Crippen LogP contribution < -0.4 is 10.6 Å². The number of halogens is 2. The van der Waals surface area contributed by atoms with Crippen molar-refractivity contribution in [2.45, 2.75) is 57.2 Å². The third kappa shape index (κ3) is 5.43. The fourth-order valence-corrected chi connectivity index (χ4v) is 4.08. The van der Waals surface area contributed by atoms with Crippen molar-refractivity contribution in [2.75, 3.05) is 5.32 Å². The van der Waals surface area contributed by atoms with E-state index >= 15 is 0 Å².